The van der Waals surface area contributed by atoms with Gasteiger partial charge in [0.2, 0.25) is 0 Å². The quantitative estimate of drug-likeness (QED) is 0.765. The molecule has 0 aliphatic rings. The van der Waals surface area contributed by atoms with Crippen molar-refractivity contribution in [3.63, 3.8) is 0 Å². The maximum absolute atomic E-state index is 12.3. The maximum Gasteiger partial charge on any atom is 0.193 e. The fraction of sp³-hybridized carbons (Fsp3) is 0.188. The smallest absolute Gasteiger partial charge is 0.193 e. The summed E-state index contributed by atoms with van der Waals surface area (Å²) in [4.78, 5) is 12.3. The molecule has 2 nitrogen and oxygen atoms in total. The topological polar surface area (TPSA) is 26.3 Å². The van der Waals surface area contributed by atoms with Crippen LogP contribution in [0.4, 0.5) is 0 Å². The summed E-state index contributed by atoms with van der Waals surface area (Å²) in [5, 5.41) is 0. The molecule has 2 aromatic carbocycles. The van der Waals surface area contributed by atoms with Crippen molar-refractivity contribution in [2.75, 3.05) is 7.11 Å². The van der Waals surface area contributed by atoms with Gasteiger partial charge >= 0.3 is 0 Å². The molecule has 0 aromatic heterocycles. The van der Waals surface area contributed by atoms with Gasteiger partial charge in [0.15, 0.2) is 5.78 Å². The third-order valence-corrected chi connectivity index (χ3v) is 2.95. The third-order valence-electron chi connectivity index (χ3n) is 2.95. The molecule has 0 spiro atoms. The zero-order valence-corrected chi connectivity index (χ0v) is 10.6. The van der Waals surface area contributed by atoms with Crippen LogP contribution in [0.15, 0.2) is 48.5 Å². The molecule has 0 atom stereocenters. The molecule has 2 heteroatoms. The minimum absolute atomic E-state index is 0.0490. The summed E-state index contributed by atoms with van der Waals surface area (Å²) in [5.74, 6) is 0.807. The fourth-order valence-electron chi connectivity index (χ4n) is 1.84. The Morgan fingerprint density at radius 2 is 1.78 bits per heavy atom. The van der Waals surface area contributed by atoms with Crippen molar-refractivity contribution in [2.45, 2.75) is 13.3 Å². The highest BCUT2D eigenvalue weighted by atomic mass is 16.5. The van der Waals surface area contributed by atoms with Crippen LogP contribution < -0.4 is 4.74 Å². The zero-order valence-electron chi connectivity index (χ0n) is 10.6. The van der Waals surface area contributed by atoms with E-state index in [0.29, 0.717) is 5.56 Å². The molecule has 92 valence electrons. The largest absolute Gasteiger partial charge is 0.497 e. The van der Waals surface area contributed by atoms with Gasteiger partial charge in [-0.15, -0.1) is 0 Å². The SMILES string of the molecule is CCc1cccc(C(=O)c2ccc(OC)cc2)c1. The Hall–Kier alpha value is -2.09. The first-order valence-electron chi connectivity index (χ1n) is 6.02. The zero-order chi connectivity index (χ0) is 13.0. The molecule has 18 heavy (non-hydrogen) atoms. The first kappa shape index (κ1) is 12.4. The number of benzene rings is 2. The average molecular weight is 240 g/mol. The van der Waals surface area contributed by atoms with Gasteiger partial charge in [-0.3, -0.25) is 4.79 Å². The number of ether oxygens (including phenoxy) is 1. The second-order valence-corrected chi connectivity index (χ2v) is 4.11. The number of hydrogen-bond acceptors (Lipinski definition) is 2. The number of methoxy groups -OCH3 is 1. The van der Waals surface area contributed by atoms with Gasteiger partial charge in [0.25, 0.3) is 0 Å². The molecule has 0 heterocycles. The molecule has 2 rings (SSSR count). The highest BCUT2D eigenvalue weighted by molar-refractivity contribution is 6.09. The van der Waals surface area contributed by atoms with E-state index in [-0.39, 0.29) is 5.78 Å². The Morgan fingerprint density at radius 3 is 2.39 bits per heavy atom. The van der Waals surface area contributed by atoms with Crippen molar-refractivity contribution in [1.29, 1.82) is 0 Å². The van der Waals surface area contributed by atoms with Gasteiger partial charge in [-0.1, -0.05) is 25.1 Å². The van der Waals surface area contributed by atoms with Crippen LogP contribution in [0, 0.1) is 0 Å². The molecular formula is C16H16O2. The molecule has 0 saturated carbocycles. The predicted octanol–water partition coefficient (Wildman–Crippen LogP) is 3.49. The second-order valence-electron chi connectivity index (χ2n) is 4.11. The van der Waals surface area contributed by atoms with E-state index in [1.165, 1.54) is 5.56 Å². The number of aryl methyl sites for hydroxylation is 1. The van der Waals surface area contributed by atoms with Gasteiger partial charge in [0, 0.05) is 11.1 Å². The number of ketones is 1. The van der Waals surface area contributed by atoms with Crippen molar-refractivity contribution in [2.24, 2.45) is 0 Å². The average Bonchev–Trinajstić information content (AvgIpc) is 2.46. The van der Waals surface area contributed by atoms with Gasteiger partial charge in [-0.05, 0) is 42.3 Å². The van der Waals surface area contributed by atoms with Crippen molar-refractivity contribution in [3.8, 4) is 5.75 Å². The van der Waals surface area contributed by atoms with E-state index in [1.807, 2.05) is 24.3 Å². The molecule has 2 aromatic rings. The first-order chi connectivity index (χ1) is 8.74. The van der Waals surface area contributed by atoms with Crippen LogP contribution in [0.1, 0.15) is 28.4 Å². The van der Waals surface area contributed by atoms with Gasteiger partial charge in [-0.2, -0.15) is 0 Å². The Kier molecular flexibility index (Phi) is 3.78. The lowest BCUT2D eigenvalue weighted by molar-refractivity contribution is 0.103. The summed E-state index contributed by atoms with van der Waals surface area (Å²) in [6, 6.07) is 15.0. The summed E-state index contributed by atoms with van der Waals surface area (Å²) in [5.41, 5.74) is 2.60. The molecule has 0 radical (unpaired) electrons. The standard InChI is InChI=1S/C16H16O2/c1-3-12-5-4-6-14(11-12)16(17)13-7-9-15(18-2)10-8-13/h4-11H,3H2,1-2H3. The van der Waals surface area contributed by atoms with Crippen molar-refractivity contribution in [3.05, 3.63) is 65.2 Å². The number of carbonyl (C=O) groups is 1. The van der Waals surface area contributed by atoms with Gasteiger partial charge in [0.05, 0.1) is 7.11 Å². The second kappa shape index (κ2) is 5.50. The van der Waals surface area contributed by atoms with Crippen LogP contribution >= 0.6 is 0 Å². The van der Waals surface area contributed by atoms with E-state index in [9.17, 15) is 4.79 Å². The lowest BCUT2D eigenvalue weighted by atomic mass is 10.0. The van der Waals surface area contributed by atoms with Crippen molar-refractivity contribution < 1.29 is 9.53 Å². The van der Waals surface area contributed by atoms with E-state index in [0.717, 1.165) is 17.7 Å². The summed E-state index contributed by atoms with van der Waals surface area (Å²) >= 11 is 0. The normalized spacial score (nSPS) is 10.1. The Labute approximate surface area is 107 Å². The van der Waals surface area contributed by atoms with E-state index >= 15 is 0 Å². The monoisotopic (exact) mass is 240 g/mol. The van der Waals surface area contributed by atoms with Crippen LogP contribution in [0.5, 0.6) is 5.75 Å². The Morgan fingerprint density at radius 1 is 1.06 bits per heavy atom. The molecule has 0 unspecified atom stereocenters. The van der Waals surface area contributed by atoms with Crippen LogP contribution in [-0.4, -0.2) is 12.9 Å². The Balaban J connectivity index is 2.29. The fourth-order valence-corrected chi connectivity index (χ4v) is 1.84. The minimum atomic E-state index is 0.0490. The summed E-state index contributed by atoms with van der Waals surface area (Å²) < 4.78 is 5.08. The van der Waals surface area contributed by atoms with E-state index in [4.69, 9.17) is 4.74 Å². The van der Waals surface area contributed by atoms with Crippen molar-refractivity contribution in [1.82, 2.24) is 0 Å². The highest BCUT2D eigenvalue weighted by Crippen LogP contribution is 2.16. The number of rotatable bonds is 4. The summed E-state index contributed by atoms with van der Waals surface area (Å²) in [6.45, 7) is 2.08. The molecular weight excluding hydrogens is 224 g/mol. The third kappa shape index (κ3) is 2.59. The van der Waals surface area contributed by atoms with Crippen LogP contribution in [0.25, 0.3) is 0 Å². The summed E-state index contributed by atoms with van der Waals surface area (Å²) in [6.07, 6.45) is 0.934. The highest BCUT2D eigenvalue weighted by Gasteiger charge is 2.09. The van der Waals surface area contributed by atoms with E-state index < -0.39 is 0 Å². The van der Waals surface area contributed by atoms with Gasteiger partial charge in [0.1, 0.15) is 5.75 Å². The molecule has 0 saturated heterocycles. The van der Waals surface area contributed by atoms with E-state index in [2.05, 4.69) is 6.92 Å². The molecule has 0 aliphatic heterocycles. The Bertz CT molecular complexity index is 541. The molecule has 0 N–H and O–H groups in total. The van der Waals surface area contributed by atoms with Crippen LogP contribution in [-0.2, 0) is 6.42 Å². The predicted molar refractivity (Wildman–Crippen MR) is 72.2 cm³/mol. The van der Waals surface area contributed by atoms with Gasteiger partial charge < -0.3 is 4.74 Å². The maximum atomic E-state index is 12.3. The molecule has 0 amide bonds. The van der Waals surface area contributed by atoms with Crippen LogP contribution in [0.3, 0.4) is 0 Å². The lowest BCUT2D eigenvalue weighted by Gasteiger charge is -2.04. The molecule has 0 fully saturated rings. The molecule has 0 aliphatic carbocycles. The minimum Gasteiger partial charge on any atom is -0.497 e. The number of hydrogen-bond donors (Lipinski definition) is 0. The number of carbonyl (C=O) groups excluding carboxylic acids is 1. The van der Waals surface area contributed by atoms with E-state index in [1.54, 1.807) is 31.4 Å². The van der Waals surface area contributed by atoms with Crippen LogP contribution in [0.2, 0.25) is 0 Å². The first-order valence-corrected chi connectivity index (χ1v) is 6.02. The lowest BCUT2D eigenvalue weighted by Crippen LogP contribution is -2.01. The molecule has 0 bridgehead atoms. The summed E-state index contributed by atoms with van der Waals surface area (Å²) in [7, 11) is 1.61. The van der Waals surface area contributed by atoms with Gasteiger partial charge in [-0.25, -0.2) is 0 Å². The van der Waals surface area contributed by atoms with Crippen molar-refractivity contribution >= 4 is 5.78 Å².